The minimum atomic E-state index is -0.621. The lowest BCUT2D eigenvalue weighted by atomic mass is 9.92. The molecule has 0 saturated carbocycles. The zero-order valence-electron chi connectivity index (χ0n) is 22.7. The van der Waals surface area contributed by atoms with Crippen molar-refractivity contribution in [2.24, 2.45) is 5.92 Å². The maximum atomic E-state index is 13.3. The molecular weight excluding hydrogens is 504 g/mol. The number of nitrogens with one attached hydrogen (secondary N) is 1. The Morgan fingerprint density at radius 1 is 0.975 bits per heavy atom. The predicted molar refractivity (Wildman–Crippen MR) is 154 cm³/mol. The Morgan fingerprint density at radius 2 is 1.68 bits per heavy atom. The number of hydrogen-bond acceptors (Lipinski definition) is 5. The molecule has 1 heterocycles. The lowest BCUT2D eigenvalue weighted by Gasteiger charge is -2.36. The van der Waals surface area contributed by atoms with Crippen LogP contribution < -0.4 is 10.1 Å². The molecule has 3 unspecified atom stereocenters. The third kappa shape index (κ3) is 7.81. The summed E-state index contributed by atoms with van der Waals surface area (Å²) in [5.41, 5.74) is 4.22. The third-order valence-electron chi connectivity index (χ3n) is 7.35. The Kier molecular flexibility index (Phi) is 10.5. The van der Waals surface area contributed by atoms with Gasteiger partial charge >= 0.3 is 0 Å². The Hall–Kier alpha value is -3.94. The summed E-state index contributed by atoms with van der Waals surface area (Å²) in [5.74, 6) is -0.358. The van der Waals surface area contributed by atoms with Gasteiger partial charge in [0.15, 0.2) is 0 Å². The summed E-state index contributed by atoms with van der Waals surface area (Å²) < 4.78 is 5.84. The van der Waals surface area contributed by atoms with Gasteiger partial charge in [0.1, 0.15) is 12.4 Å². The van der Waals surface area contributed by atoms with Crippen LogP contribution in [0.4, 0.5) is 0 Å². The summed E-state index contributed by atoms with van der Waals surface area (Å²) in [5, 5.41) is 22.9. The molecule has 7 heteroatoms. The summed E-state index contributed by atoms with van der Waals surface area (Å²) in [6.45, 7) is 4.28. The van der Waals surface area contributed by atoms with E-state index in [1.807, 2.05) is 78.9 Å². The van der Waals surface area contributed by atoms with Crippen molar-refractivity contribution < 1.29 is 24.5 Å². The van der Waals surface area contributed by atoms with Crippen LogP contribution in [0.3, 0.4) is 0 Å². The molecule has 210 valence electrons. The minimum Gasteiger partial charge on any atom is -0.489 e. The lowest BCUT2D eigenvalue weighted by Crippen LogP contribution is -2.48. The fourth-order valence-corrected chi connectivity index (χ4v) is 5.08. The number of carbonyl (C=O) groups excluding carboxylic acids is 2. The first kappa shape index (κ1) is 29.1. The number of hydrogen-bond donors (Lipinski definition) is 3. The molecule has 1 aliphatic heterocycles. The minimum absolute atomic E-state index is 0.00210. The van der Waals surface area contributed by atoms with Crippen molar-refractivity contribution >= 4 is 11.8 Å². The van der Waals surface area contributed by atoms with Crippen LogP contribution in [-0.4, -0.2) is 52.2 Å². The van der Waals surface area contributed by atoms with Gasteiger partial charge in [-0.25, -0.2) is 0 Å². The molecule has 0 radical (unpaired) electrons. The number of amides is 2. The summed E-state index contributed by atoms with van der Waals surface area (Å²) in [6.07, 6.45) is 2.99. The first-order chi connectivity index (χ1) is 19.5. The van der Waals surface area contributed by atoms with Crippen molar-refractivity contribution in [3.8, 4) is 5.75 Å². The molecule has 40 heavy (non-hydrogen) atoms. The quantitative estimate of drug-likeness (QED) is 0.285. The number of aliphatic hydroxyl groups excluding tert-OH is 2. The SMILES string of the molecule is C=CCC(CC(=O)N1Cc2ccccc2CC1CO)C(=O)NC(CO)Cc1ccc(OCc2ccccc2)cc1. The van der Waals surface area contributed by atoms with Crippen LogP contribution in [0.2, 0.25) is 0 Å². The fourth-order valence-electron chi connectivity index (χ4n) is 5.08. The van der Waals surface area contributed by atoms with Crippen molar-refractivity contribution in [3.63, 3.8) is 0 Å². The Labute approximate surface area is 236 Å². The third-order valence-corrected chi connectivity index (χ3v) is 7.35. The van der Waals surface area contributed by atoms with E-state index >= 15 is 0 Å². The molecule has 1 aliphatic rings. The first-order valence-corrected chi connectivity index (χ1v) is 13.8. The molecule has 4 rings (SSSR count). The smallest absolute Gasteiger partial charge is 0.224 e. The van der Waals surface area contributed by atoms with Gasteiger partial charge in [-0.05, 0) is 53.6 Å². The number of rotatable bonds is 13. The van der Waals surface area contributed by atoms with Gasteiger partial charge in [-0.2, -0.15) is 0 Å². The second-order valence-corrected chi connectivity index (χ2v) is 10.3. The van der Waals surface area contributed by atoms with E-state index in [-0.39, 0.29) is 37.5 Å². The molecule has 3 aromatic rings. The van der Waals surface area contributed by atoms with Crippen LogP contribution in [0.1, 0.15) is 35.1 Å². The Balaban J connectivity index is 1.33. The second kappa shape index (κ2) is 14.4. The maximum Gasteiger partial charge on any atom is 0.224 e. The van der Waals surface area contributed by atoms with Gasteiger partial charge in [0, 0.05) is 13.0 Å². The van der Waals surface area contributed by atoms with Gasteiger partial charge in [-0.15, -0.1) is 6.58 Å². The lowest BCUT2D eigenvalue weighted by molar-refractivity contribution is -0.140. The maximum absolute atomic E-state index is 13.3. The monoisotopic (exact) mass is 542 g/mol. The molecule has 3 atom stereocenters. The standard InChI is InChI=1S/C33H38N2O5/c1-2-8-27(19-32(38)35-20-28-12-7-6-11-26(28)18-30(35)22-37)33(39)34-29(21-36)17-24-13-15-31(16-14-24)40-23-25-9-4-3-5-10-25/h2-7,9-16,27,29-30,36-37H,1,8,17-23H2,(H,34,39). The van der Waals surface area contributed by atoms with Crippen LogP contribution in [0.15, 0.2) is 91.5 Å². The zero-order valence-corrected chi connectivity index (χ0v) is 22.7. The van der Waals surface area contributed by atoms with Crippen LogP contribution in [-0.2, 0) is 35.6 Å². The Bertz CT molecular complexity index is 1260. The molecule has 3 aromatic carbocycles. The molecule has 0 spiro atoms. The summed E-state index contributed by atoms with van der Waals surface area (Å²) in [4.78, 5) is 28.2. The molecule has 7 nitrogen and oxygen atoms in total. The van der Waals surface area contributed by atoms with Crippen molar-refractivity contribution in [2.45, 2.75) is 50.9 Å². The van der Waals surface area contributed by atoms with E-state index in [1.54, 1.807) is 11.0 Å². The van der Waals surface area contributed by atoms with Gasteiger partial charge in [-0.3, -0.25) is 9.59 Å². The predicted octanol–water partition coefficient (Wildman–Crippen LogP) is 3.81. The van der Waals surface area contributed by atoms with Gasteiger partial charge in [-0.1, -0.05) is 72.8 Å². The number of nitrogens with zero attached hydrogens (tertiary/aromatic N) is 1. The van der Waals surface area contributed by atoms with Gasteiger partial charge in [0.05, 0.1) is 31.2 Å². The molecule has 0 aromatic heterocycles. The highest BCUT2D eigenvalue weighted by Gasteiger charge is 2.32. The normalized spacial score (nSPS) is 15.9. The zero-order chi connectivity index (χ0) is 28.3. The highest BCUT2D eigenvalue weighted by Crippen LogP contribution is 2.25. The number of carbonyl (C=O) groups is 2. The van der Waals surface area contributed by atoms with E-state index in [4.69, 9.17) is 4.74 Å². The first-order valence-electron chi connectivity index (χ1n) is 13.8. The molecule has 2 amide bonds. The van der Waals surface area contributed by atoms with Crippen molar-refractivity contribution in [3.05, 3.63) is 114 Å². The number of allylic oxidation sites excluding steroid dienone is 1. The van der Waals surface area contributed by atoms with E-state index in [2.05, 4.69) is 11.9 Å². The van der Waals surface area contributed by atoms with Crippen LogP contribution in [0.25, 0.3) is 0 Å². The van der Waals surface area contributed by atoms with E-state index in [0.29, 0.717) is 32.4 Å². The summed E-state index contributed by atoms with van der Waals surface area (Å²) in [7, 11) is 0. The highest BCUT2D eigenvalue weighted by molar-refractivity contribution is 5.86. The molecule has 3 N–H and O–H groups in total. The van der Waals surface area contributed by atoms with Crippen LogP contribution in [0, 0.1) is 5.92 Å². The van der Waals surface area contributed by atoms with Gasteiger partial charge < -0.3 is 25.2 Å². The Morgan fingerprint density at radius 3 is 2.35 bits per heavy atom. The molecule has 0 aliphatic carbocycles. The van der Waals surface area contributed by atoms with Gasteiger partial charge in [0.2, 0.25) is 11.8 Å². The van der Waals surface area contributed by atoms with Crippen molar-refractivity contribution in [1.29, 1.82) is 0 Å². The molecular formula is C33H38N2O5. The van der Waals surface area contributed by atoms with Crippen molar-refractivity contribution in [1.82, 2.24) is 10.2 Å². The average Bonchev–Trinajstić information content (AvgIpc) is 2.99. The second-order valence-electron chi connectivity index (χ2n) is 10.3. The van der Waals surface area contributed by atoms with Crippen LogP contribution in [0.5, 0.6) is 5.75 Å². The summed E-state index contributed by atoms with van der Waals surface area (Å²) >= 11 is 0. The highest BCUT2D eigenvalue weighted by atomic mass is 16.5. The number of benzene rings is 3. The molecule has 0 saturated heterocycles. The van der Waals surface area contributed by atoms with Crippen molar-refractivity contribution in [2.75, 3.05) is 13.2 Å². The van der Waals surface area contributed by atoms with E-state index in [1.165, 1.54) is 0 Å². The van der Waals surface area contributed by atoms with E-state index in [9.17, 15) is 19.8 Å². The average molecular weight is 543 g/mol. The van der Waals surface area contributed by atoms with E-state index < -0.39 is 12.0 Å². The molecule has 0 bridgehead atoms. The fraction of sp³-hybridized carbons (Fsp3) is 0.333. The molecule has 0 fully saturated rings. The number of fused-ring (bicyclic) bond motifs is 1. The van der Waals surface area contributed by atoms with Crippen LogP contribution >= 0.6 is 0 Å². The largest absolute Gasteiger partial charge is 0.489 e. The number of aliphatic hydroxyl groups is 2. The van der Waals surface area contributed by atoms with E-state index in [0.717, 1.165) is 28.0 Å². The summed E-state index contributed by atoms with van der Waals surface area (Å²) in [6, 6.07) is 24.6. The topological polar surface area (TPSA) is 99.1 Å². The van der Waals surface area contributed by atoms with Gasteiger partial charge in [0.25, 0.3) is 0 Å². The number of ether oxygens (including phenoxy) is 1.